The lowest BCUT2D eigenvalue weighted by Crippen LogP contribution is -2.37. The molecule has 6 nitrogen and oxygen atoms in total. The summed E-state index contributed by atoms with van der Waals surface area (Å²) >= 11 is 0. The molecular formula is C24H29N3O3. The van der Waals surface area contributed by atoms with Crippen molar-refractivity contribution in [2.45, 2.75) is 32.2 Å². The lowest BCUT2D eigenvalue weighted by Gasteiger charge is -2.25. The summed E-state index contributed by atoms with van der Waals surface area (Å²) in [7, 11) is 3.28. The van der Waals surface area contributed by atoms with Crippen molar-refractivity contribution >= 4 is 11.6 Å². The fraction of sp³-hybridized carbons (Fsp3) is 0.417. The van der Waals surface area contributed by atoms with Gasteiger partial charge in [-0.15, -0.1) is 0 Å². The van der Waals surface area contributed by atoms with Crippen LogP contribution in [0.2, 0.25) is 0 Å². The van der Waals surface area contributed by atoms with Crippen molar-refractivity contribution in [3.8, 4) is 11.5 Å². The average Bonchev–Trinajstić information content (AvgIpc) is 3.43. The third-order valence-electron chi connectivity index (χ3n) is 5.99. The van der Waals surface area contributed by atoms with Gasteiger partial charge in [-0.2, -0.15) is 5.10 Å². The van der Waals surface area contributed by atoms with Gasteiger partial charge < -0.3 is 9.47 Å². The smallest absolute Gasteiger partial charge is 0.257 e. The topological polar surface area (TPSA) is 54.4 Å². The molecule has 158 valence electrons. The van der Waals surface area contributed by atoms with E-state index in [0.29, 0.717) is 18.7 Å². The van der Waals surface area contributed by atoms with Crippen molar-refractivity contribution in [2.24, 2.45) is 5.10 Å². The third kappa shape index (κ3) is 4.05. The summed E-state index contributed by atoms with van der Waals surface area (Å²) in [6, 6.07) is 13.8. The molecule has 4 rings (SSSR count). The Morgan fingerprint density at radius 2 is 1.87 bits per heavy atom. The minimum atomic E-state index is -0.108. The first kappa shape index (κ1) is 20.4. The van der Waals surface area contributed by atoms with Crippen molar-refractivity contribution in [1.82, 2.24) is 9.91 Å². The van der Waals surface area contributed by atoms with Crippen LogP contribution >= 0.6 is 0 Å². The number of likely N-dealkylation sites (tertiary alicyclic amines) is 1. The van der Waals surface area contributed by atoms with Gasteiger partial charge in [0, 0.05) is 18.1 Å². The van der Waals surface area contributed by atoms with Gasteiger partial charge in [0.05, 0.1) is 32.5 Å². The molecule has 1 saturated heterocycles. The van der Waals surface area contributed by atoms with Gasteiger partial charge in [0.15, 0.2) is 0 Å². The molecule has 1 atom stereocenters. The zero-order valence-corrected chi connectivity index (χ0v) is 17.9. The molecule has 2 aromatic rings. The van der Waals surface area contributed by atoms with E-state index in [1.165, 1.54) is 5.56 Å². The van der Waals surface area contributed by atoms with E-state index in [1.54, 1.807) is 19.2 Å². The summed E-state index contributed by atoms with van der Waals surface area (Å²) in [5.74, 6) is 1.48. The number of carbonyl (C=O) groups is 1. The van der Waals surface area contributed by atoms with Crippen LogP contribution < -0.4 is 9.47 Å². The highest BCUT2D eigenvalue weighted by molar-refractivity contribution is 6.05. The van der Waals surface area contributed by atoms with E-state index in [-0.39, 0.29) is 11.9 Å². The first-order chi connectivity index (χ1) is 14.6. The molecule has 0 aliphatic carbocycles. The number of nitrogens with zero attached hydrogens (tertiary/aromatic N) is 3. The molecule has 2 aromatic carbocycles. The Morgan fingerprint density at radius 1 is 1.10 bits per heavy atom. The second-order valence-electron chi connectivity index (χ2n) is 7.91. The Kier molecular flexibility index (Phi) is 6.04. The van der Waals surface area contributed by atoms with E-state index in [9.17, 15) is 4.79 Å². The number of amides is 1. The second kappa shape index (κ2) is 8.88. The van der Waals surface area contributed by atoms with Crippen LogP contribution in [0.25, 0.3) is 0 Å². The van der Waals surface area contributed by atoms with Crippen LogP contribution in [0.4, 0.5) is 0 Å². The molecule has 2 heterocycles. The van der Waals surface area contributed by atoms with Crippen LogP contribution in [0.3, 0.4) is 0 Å². The molecule has 0 saturated carbocycles. The summed E-state index contributed by atoms with van der Waals surface area (Å²) in [6.45, 7) is 4.47. The number of aryl methyl sites for hydroxylation is 1. The second-order valence-corrected chi connectivity index (χ2v) is 7.91. The van der Waals surface area contributed by atoms with Crippen LogP contribution in [0.1, 0.15) is 42.0 Å². The quantitative estimate of drug-likeness (QED) is 0.731. The molecule has 0 spiro atoms. The van der Waals surface area contributed by atoms with Gasteiger partial charge in [-0.25, -0.2) is 5.01 Å². The van der Waals surface area contributed by atoms with Crippen LogP contribution in [0.15, 0.2) is 47.6 Å². The molecule has 1 fully saturated rings. The van der Waals surface area contributed by atoms with E-state index in [2.05, 4.69) is 24.0 Å². The Bertz CT molecular complexity index is 950. The number of hydrogen-bond donors (Lipinski definition) is 0. The lowest BCUT2D eigenvalue weighted by atomic mass is 9.95. The maximum atomic E-state index is 13.3. The normalized spacial score (nSPS) is 19.1. The molecule has 2 aliphatic heterocycles. The van der Waals surface area contributed by atoms with Crippen molar-refractivity contribution in [1.29, 1.82) is 0 Å². The predicted octanol–water partition coefficient (Wildman–Crippen LogP) is 3.79. The highest BCUT2D eigenvalue weighted by Gasteiger charge is 2.35. The van der Waals surface area contributed by atoms with Crippen molar-refractivity contribution in [3.05, 3.63) is 59.2 Å². The van der Waals surface area contributed by atoms with E-state index >= 15 is 0 Å². The minimum absolute atomic E-state index is 0.0487. The van der Waals surface area contributed by atoms with Gasteiger partial charge in [-0.3, -0.25) is 9.69 Å². The molecule has 6 heteroatoms. The predicted molar refractivity (Wildman–Crippen MR) is 117 cm³/mol. The summed E-state index contributed by atoms with van der Waals surface area (Å²) in [4.78, 5) is 15.5. The molecule has 0 bridgehead atoms. The molecule has 30 heavy (non-hydrogen) atoms. The van der Waals surface area contributed by atoms with Crippen molar-refractivity contribution in [2.75, 3.05) is 33.9 Å². The van der Waals surface area contributed by atoms with E-state index < -0.39 is 0 Å². The summed E-state index contributed by atoms with van der Waals surface area (Å²) in [5, 5.41) is 6.51. The van der Waals surface area contributed by atoms with E-state index in [0.717, 1.165) is 48.5 Å². The molecule has 0 N–H and O–H groups in total. The molecular weight excluding hydrogens is 378 g/mol. The van der Waals surface area contributed by atoms with Crippen molar-refractivity contribution in [3.63, 3.8) is 0 Å². The average molecular weight is 408 g/mol. The molecule has 2 aliphatic rings. The maximum Gasteiger partial charge on any atom is 0.257 e. The number of methoxy groups -OCH3 is 2. The zero-order valence-electron chi connectivity index (χ0n) is 17.9. The molecule has 1 unspecified atom stereocenters. The molecule has 0 aromatic heterocycles. The monoisotopic (exact) mass is 407 g/mol. The largest absolute Gasteiger partial charge is 0.497 e. The highest BCUT2D eigenvalue weighted by atomic mass is 16.5. The number of carbonyl (C=O) groups excluding carboxylic acids is 1. The Labute approximate surface area is 178 Å². The maximum absolute atomic E-state index is 13.3. The molecule has 0 radical (unpaired) electrons. The lowest BCUT2D eigenvalue weighted by molar-refractivity contribution is -0.134. The van der Waals surface area contributed by atoms with Crippen LogP contribution in [0.5, 0.6) is 11.5 Å². The summed E-state index contributed by atoms with van der Waals surface area (Å²) in [6.07, 6.45) is 2.97. The number of ether oxygens (including phenoxy) is 2. The fourth-order valence-corrected chi connectivity index (χ4v) is 4.35. The number of hydrazone groups is 1. The van der Waals surface area contributed by atoms with Gasteiger partial charge in [0.25, 0.3) is 5.91 Å². The molecule has 1 amide bonds. The Balaban J connectivity index is 1.68. The SMILES string of the molecule is COc1ccc(C2=NN(C(=O)CN3CCCC3)C(c3ccccc3C)C2)c(OC)c1. The minimum Gasteiger partial charge on any atom is -0.497 e. The number of rotatable bonds is 6. The summed E-state index contributed by atoms with van der Waals surface area (Å²) in [5.41, 5.74) is 4.06. The van der Waals surface area contributed by atoms with Crippen molar-refractivity contribution < 1.29 is 14.3 Å². The standard InChI is InChI=1S/C24H29N3O3/c1-17-8-4-5-9-19(17)22-15-21(20-11-10-18(29-2)14-23(20)30-3)25-27(22)24(28)16-26-12-6-7-13-26/h4-5,8-11,14,22H,6-7,12-13,15-16H2,1-3H3. The van der Waals surface area contributed by atoms with Crippen LogP contribution in [-0.2, 0) is 4.79 Å². The fourth-order valence-electron chi connectivity index (χ4n) is 4.35. The van der Waals surface area contributed by atoms with Crippen LogP contribution in [-0.4, -0.2) is 55.4 Å². The van der Waals surface area contributed by atoms with Gasteiger partial charge in [0.1, 0.15) is 11.5 Å². The van der Waals surface area contributed by atoms with Crippen LogP contribution in [0, 0.1) is 6.92 Å². The number of benzene rings is 2. The number of hydrogen-bond acceptors (Lipinski definition) is 5. The third-order valence-corrected chi connectivity index (χ3v) is 5.99. The zero-order chi connectivity index (χ0) is 21.1. The first-order valence-corrected chi connectivity index (χ1v) is 10.5. The van der Waals surface area contributed by atoms with Gasteiger partial charge in [0.2, 0.25) is 0 Å². The van der Waals surface area contributed by atoms with E-state index in [1.807, 2.05) is 30.3 Å². The Hall–Kier alpha value is -2.86. The highest BCUT2D eigenvalue weighted by Crippen LogP contribution is 2.37. The van der Waals surface area contributed by atoms with Gasteiger partial charge in [-0.1, -0.05) is 24.3 Å². The van der Waals surface area contributed by atoms with Gasteiger partial charge >= 0.3 is 0 Å². The Morgan fingerprint density at radius 3 is 2.57 bits per heavy atom. The van der Waals surface area contributed by atoms with Gasteiger partial charge in [-0.05, 0) is 56.1 Å². The first-order valence-electron chi connectivity index (χ1n) is 10.5. The summed E-state index contributed by atoms with van der Waals surface area (Å²) < 4.78 is 10.9. The van der Waals surface area contributed by atoms with E-state index in [4.69, 9.17) is 14.6 Å².